The van der Waals surface area contributed by atoms with Gasteiger partial charge in [0, 0.05) is 25.8 Å². The second-order valence-electron chi connectivity index (χ2n) is 7.71. The molecule has 0 bridgehead atoms. The molecule has 2 aliphatic rings. The van der Waals surface area contributed by atoms with Crippen LogP contribution in [0.3, 0.4) is 0 Å². The smallest absolute Gasteiger partial charge is 0.287 e. The molecule has 0 radical (unpaired) electrons. The lowest BCUT2D eigenvalue weighted by molar-refractivity contribution is 0.0897. The van der Waals surface area contributed by atoms with Gasteiger partial charge in [0.1, 0.15) is 0 Å². The normalized spacial score (nSPS) is 18.8. The number of likely N-dealkylation sites (tertiary alicyclic amines) is 1. The van der Waals surface area contributed by atoms with Crippen LogP contribution in [-0.4, -0.2) is 44.0 Å². The standard InChI is InChI=1S/C22H29N3O2/c1-24-11-5-7-17-15-18(9-10-19(17)24)20(25-12-3-2-4-13-25)16-23-22(26)21-8-6-14-27-21/h6,8-10,14-15,20H,2-5,7,11-13,16H2,1H3,(H,23,26)/t20-/m0/s1. The lowest BCUT2D eigenvalue weighted by Gasteiger charge is -2.36. The number of furan rings is 1. The van der Waals surface area contributed by atoms with Gasteiger partial charge in [-0.1, -0.05) is 18.6 Å². The van der Waals surface area contributed by atoms with Crippen LogP contribution in [0, 0.1) is 0 Å². The number of rotatable bonds is 5. The van der Waals surface area contributed by atoms with Crippen LogP contribution in [0.2, 0.25) is 0 Å². The largest absolute Gasteiger partial charge is 0.459 e. The van der Waals surface area contributed by atoms with Gasteiger partial charge in [0.05, 0.1) is 12.3 Å². The Balaban J connectivity index is 1.55. The highest BCUT2D eigenvalue weighted by Gasteiger charge is 2.25. The summed E-state index contributed by atoms with van der Waals surface area (Å²) in [6.07, 6.45) is 7.65. The molecule has 144 valence electrons. The second kappa shape index (κ2) is 8.17. The summed E-state index contributed by atoms with van der Waals surface area (Å²) in [6.45, 7) is 3.92. The SMILES string of the molecule is CN1CCCc2cc([C@H](CNC(=O)c3ccco3)N3CCCCC3)ccc21. The van der Waals surface area contributed by atoms with Gasteiger partial charge in [-0.3, -0.25) is 9.69 Å². The van der Waals surface area contributed by atoms with Gasteiger partial charge in [-0.2, -0.15) is 0 Å². The Labute approximate surface area is 161 Å². The minimum Gasteiger partial charge on any atom is -0.459 e. The van der Waals surface area contributed by atoms with Gasteiger partial charge in [-0.15, -0.1) is 0 Å². The number of piperidine rings is 1. The van der Waals surface area contributed by atoms with E-state index in [9.17, 15) is 4.79 Å². The van der Waals surface area contributed by atoms with Crippen LogP contribution in [0.4, 0.5) is 5.69 Å². The average Bonchev–Trinajstić information content (AvgIpc) is 3.24. The van der Waals surface area contributed by atoms with Crippen molar-refractivity contribution in [3.63, 3.8) is 0 Å². The van der Waals surface area contributed by atoms with E-state index in [4.69, 9.17) is 4.42 Å². The molecule has 1 N–H and O–H groups in total. The van der Waals surface area contributed by atoms with Crippen molar-refractivity contribution < 1.29 is 9.21 Å². The summed E-state index contributed by atoms with van der Waals surface area (Å²) in [6, 6.07) is 10.5. The number of carbonyl (C=O) groups is 1. The van der Waals surface area contributed by atoms with E-state index < -0.39 is 0 Å². The monoisotopic (exact) mass is 367 g/mol. The zero-order valence-corrected chi connectivity index (χ0v) is 16.1. The van der Waals surface area contributed by atoms with E-state index in [0.717, 1.165) is 26.1 Å². The molecule has 0 aliphatic carbocycles. The van der Waals surface area contributed by atoms with Gasteiger partial charge in [0.2, 0.25) is 0 Å². The number of nitrogens with one attached hydrogen (secondary N) is 1. The van der Waals surface area contributed by atoms with Crippen LogP contribution in [0.1, 0.15) is 53.4 Å². The van der Waals surface area contributed by atoms with Gasteiger partial charge in [-0.25, -0.2) is 0 Å². The highest BCUT2D eigenvalue weighted by atomic mass is 16.3. The summed E-state index contributed by atoms with van der Waals surface area (Å²) < 4.78 is 5.23. The molecule has 1 saturated heterocycles. The average molecular weight is 367 g/mol. The first-order chi connectivity index (χ1) is 13.2. The molecule has 2 aliphatic heterocycles. The predicted octanol–water partition coefficient (Wildman–Crippen LogP) is 3.62. The number of fused-ring (bicyclic) bond motifs is 1. The van der Waals surface area contributed by atoms with Crippen molar-refractivity contribution in [2.24, 2.45) is 0 Å². The van der Waals surface area contributed by atoms with E-state index in [2.05, 4.69) is 40.4 Å². The van der Waals surface area contributed by atoms with Crippen molar-refractivity contribution in [2.45, 2.75) is 38.1 Å². The van der Waals surface area contributed by atoms with E-state index in [-0.39, 0.29) is 11.9 Å². The molecule has 5 heteroatoms. The Kier molecular flexibility index (Phi) is 5.48. The Morgan fingerprint density at radius 3 is 2.78 bits per heavy atom. The first-order valence-corrected chi connectivity index (χ1v) is 10.1. The second-order valence-corrected chi connectivity index (χ2v) is 7.71. The van der Waals surface area contributed by atoms with Gasteiger partial charge in [0.15, 0.2) is 5.76 Å². The Bertz CT molecular complexity index is 766. The van der Waals surface area contributed by atoms with Crippen LogP contribution in [0.25, 0.3) is 0 Å². The summed E-state index contributed by atoms with van der Waals surface area (Å²) in [4.78, 5) is 17.2. The number of carbonyl (C=O) groups excluding carboxylic acids is 1. The maximum atomic E-state index is 12.4. The fraction of sp³-hybridized carbons (Fsp3) is 0.500. The van der Waals surface area contributed by atoms with Gasteiger partial charge < -0.3 is 14.6 Å². The number of benzene rings is 1. The predicted molar refractivity (Wildman–Crippen MR) is 107 cm³/mol. The molecule has 3 heterocycles. The number of hydrogen-bond donors (Lipinski definition) is 1. The molecular formula is C22H29N3O2. The highest BCUT2D eigenvalue weighted by molar-refractivity contribution is 5.91. The van der Waals surface area contributed by atoms with E-state index in [1.807, 2.05) is 0 Å². The van der Waals surface area contributed by atoms with Gasteiger partial charge in [-0.05, 0) is 68.1 Å². The molecule has 0 saturated carbocycles. The topological polar surface area (TPSA) is 48.7 Å². The van der Waals surface area contributed by atoms with E-state index in [0.29, 0.717) is 12.3 Å². The molecule has 27 heavy (non-hydrogen) atoms. The van der Waals surface area contributed by atoms with Crippen molar-refractivity contribution in [1.29, 1.82) is 0 Å². The quantitative estimate of drug-likeness (QED) is 0.877. The number of amides is 1. The molecular weight excluding hydrogens is 338 g/mol. The van der Waals surface area contributed by atoms with Crippen molar-refractivity contribution >= 4 is 11.6 Å². The summed E-state index contributed by atoms with van der Waals surface area (Å²) in [5.41, 5.74) is 4.09. The number of anilines is 1. The zero-order chi connectivity index (χ0) is 18.6. The maximum Gasteiger partial charge on any atom is 0.287 e. The summed E-state index contributed by atoms with van der Waals surface area (Å²) in [7, 11) is 2.17. The van der Waals surface area contributed by atoms with Crippen molar-refractivity contribution in [3.8, 4) is 0 Å². The van der Waals surface area contributed by atoms with E-state index in [1.54, 1.807) is 12.1 Å². The molecule has 4 rings (SSSR count). The minimum atomic E-state index is -0.139. The Hall–Kier alpha value is -2.27. The van der Waals surface area contributed by atoms with Crippen LogP contribution in [0.5, 0.6) is 0 Å². The van der Waals surface area contributed by atoms with Gasteiger partial charge >= 0.3 is 0 Å². The van der Waals surface area contributed by atoms with Crippen molar-refractivity contribution in [2.75, 3.05) is 38.1 Å². The molecule has 1 aromatic heterocycles. The zero-order valence-electron chi connectivity index (χ0n) is 16.1. The first-order valence-electron chi connectivity index (χ1n) is 10.1. The summed E-state index contributed by atoms with van der Waals surface area (Å²) in [5.74, 6) is 0.235. The fourth-order valence-electron chi connectivity index (χ4n) is 4.38. The minimum absolute atomic E-state index is 0.139. The molecule has 5 nitrogen and oxygen atoms in total. The molecule has 1 fully saturated rings. The third-order valence-electron chi connectivity index (χ3n) is 5.87. The van der Waals surface area contributed by atoms with Gasteiger partial charge in [0.25, 0.3) is 5.91 Å². The van der Waals surface area contributed by atoms with Crippen LogP contribution in [-0.2, 0) is 6.42 Å². The Morgan fingerprint density at radius 2 is 2.00 bits per heavy atom. The maximum absolute atomic E-state index is 12.4. The van der Waals surface area contributed by atoms with E-state index >= 15 is 0 Å². The number of aryl methyl sites for hydroxylation is 1. The third-order valence-corrected chi connectivity index (χ3v) is 5.87. The van der Waals surface area contributed by atoms with Crippen molar-refractivity contribution in [3.05, 3.63) is 53.5 Å². The summed E-state index contributed by atoms with van der Waals surface area (Å²) in [5, 5.41) is 3.09. The van der Waals surface area contributed by atoms with Crippen LogP contribution in [0.15, 0.2) is 41.0 Å². The third kappa shape index (κ3) is 4.03. The fourth-order valence-corrected chi connectivity index (χ4v) is 4.38. The molecule has 0 unspecified atom stereocenters. The molecule has 1 atom stereocenters. The van der Waals surface area contributed by atoms with Crippen molar-refractivity contribution in [1.82, 2.24) is 10.2 Å². The van der Waals surface area contributed by atoms with Crippen LogP contribution >= 0.6 is 0 Å². The van der Waals surface area contributed by atoms with Crippen LogP contribution < -0.4 is 10.2 Å². The highest BCUT2D eigenvalue weighted by Crippen LogP contribution is 2.31. The lowest BCUT2D eigenvalue weighted by atomic mass is 9.95. The lowest BCUT2D eigenvalue weighted by Crippen LogP contribution is -2.40. The Morgan fingerprint density at radius 1 is 1.15 bits per heavy atom. The molecule has 0 spiro atoms. The van der Waals surface area contributed by atoms with E-state index in [1.165, 1.54) is 48.8 Å². The molecule has 1 amide bonds. The molecule has 1 aromatic carbocycles. The molecule has 2 aromatic rings. The first kappa shape index (κ1) is 18.1. The number of hydrogen-bond acceptors (Lipinski definition) is 4. The summed E-state index contributed by atoms with van der Waals surface area (Å²) >= 11 is 0. The number of nitrogens with zero attached hydrogens (tertiary/aromatic N) is 2.